The van der Waals surface area contributed by atoms with Gasteiger partial charge in [-0.05, 0) is 107 Å². The van der Waals surface area contributed by atoms with Crippen LogP contribution in [-0.2, 0) is 0 Å². The molecule has 240 valence electrons. The molecule has 0 spiro atoms. The van der Waals surface area contributed by atoms with E-state index >= 15 is 0 Å². The van der Waals surface area contributed by atoms with Crippen LogP contribution in [-0.4, -0.2) is 81.8 Å². The molecule has 4 heterocycles. The van der Waals surface area contributed by atoms with Gasteiger partial charge in [-0.1, -0.05) is 43.9 Å². The van der Waals surface area contributed by atoms with E-state index in [1.807, 2.05) is 58.3 Å². The highest BCUT2D eigenvalue weighted by Crippen LogP contribution is 2.32. The first-order valence-electron chi connectivity index (χ1n) is 16.0. The number of anilines is 1. The molecule has 0 amide bonds. The Labute approximate surface area is 271 Å². The van der Waals surface area contributed by atoms with Crippen molar-refractivity contribution in [3.8, 4) is 11.5 Å². The standard InChI is InChI=1S/C37H45FN8/c1-7-13-31(28-21-29(38)23-30(22-28)39-16-19-45(5)6)34-25(4)40-37(42-34)36-35-33(43-44-36)15-14-32(41-35)27(9-3)20-26(8-2)24-46-17-11-10-12-18-46/h7-9,13-15,20-23,39H,1-2,10-12,16-19,24H2,3-6H3,(H,40,42)(H,43,44)/b26-20+,27-9+,31-13-. The number of allylic oxidation sites excluding steroid dienone is 5. The van der Waals surface area contributed by atoms with Crippen molar-refractivity contribution in [1.82, 2.24) is 34.9 Å². The first kappa shape index (κ1) is 32.8. The van der Waals surface area contributed by atoms with Gasteiger partial charge in [-0.3, -0.25) is 10.00 Å². The number of nitrogens with zero attached hydrogens (tertiary/aromatic N) is 5. The molecule has 1 aliphatic heterocycles. The van der Waals surface area contributed by atoms with Crippen LogP contribution in [0.2, 0.25) is 0 Å². The van der Waals surface area contributed by atoms with Crippen molar-refractivity contribution in [3.05, 3.63) is 108 Å². The number of halogens is 1. The van der Waals surface area contributed by atoms with E-state index in [4.69, 9.17) is 9.97 Å². The van der Waals surface area contributed by atoms with E-state index < -0.39 is 0 Å². The van der Waals surface area contributed by atoms with Crippen LogP contribution in [0.15, 0.2) is 79.4 Å². The van der Waals surface area contributed by atoms with E-state index in [9.17, 15) is 4.39 Å². The number of likely N-dealkylation sites (N-methyl/N-ethyl adjacent to an activating group) is 1. The summed E-state index contributed by atoms with van der Waals surface area (Å²) < 4.78 is 14.8. The number of aromatic nitrogens is 5. The van der Waals surface area contributed by atoms with Crippen LogP contribution >= 0.6 is 0 Å². The topological polar surface area (TPSA) is 88.8 Å². The number of hydrogen-bond donors (Lipinski definition) is 3. The lowest BCUT2D eigenvalue weighted by Crippen LogP contribution is -2.31. The maximum absolute atomic E-state index is 14.8. The fraction of sp³-hybridized carbons (Fsp3) is 0.324. The number of imidazole rings is 1. The predicted octanol–water partition coefficient (Wildman–Crippen LogP) is 7.39. The minimum absolute atomic E-state index is 0.326. The molecular weight excluding hydrogens is 575 g/mol. The Morgan fingerprint density at radius 1 is 1.11 bits per heavy atom. The average Bonchev–Trinajstić information content (AvgIpc) is 3.64. The Kier molecular flexibility index (Phi) is 10.8. The Bertz CT molecular complexity index is 1780. The monoisotopic (exact) mass is 620 g/mol. The second-order valence-corrected chi connectivity index (χ2v) is 12.0. The summed E-state index contributed by atoms with van der Waals surface area (Å²) in [5.41, 5.74) is 8.87. The van der Waals surface area contributed by atoms with Crippen molar-refractivity contribution in [1.29, 1.82) is 0 Å². The number of H-pyrrole nitrogens is 2. The molecule has 0 radical (unpaired) electrons. The number of likely N-dealkylation sites (tertiary alicyclic amines) is 1. The molecule has 1 aromatic carbocycles. The van der Waals surface area contributed by atoms with Gasteiger partial charge < -0.3 is 15.2 Å². The van der Waals surface area contributed by atoms with Gasteiger partial charge in [0.05, 0.1) is 16.9 Å². The lowest BCUT2D eigenvalue weighted by molar-refractivity contribution is 0.248. The maximum atomic E-state index is 14.8. The molecule has 0 bridgehead atoms. The van der Waals surface area contributed by atoms with Crippen LogP contribution in [0.4, 0.5) is 10.1 Å². The molecule has 0 saturated carbocycles. The molecule has 1 aliphatic rings. The zero-order chi connectivity index (χ0) is 32.6. The minimum atomic E-state index is -0.326. The summed E-state index contributed by atoms with van der Waals surface area (Å²) in [5, 5.41) is 11.0. The van der Waals surface area contributed by atoms with Gasteiger partial charge in [-0.25, -0.2) is 14.4 Å². The number of piperidine rings is 1. The smallest absolute Gasteiger partial charge is 0.161 e. The first-order chi connectivity index (χ1) is 22.3. The van der Waals surface area contributed by atoms with Gasteiger partial charge in [0.25, 0.3) is 0 Å². The molecule has 1 saturated heterocycles. The van der Waals surface area contributed by atoms with E-state index in [-0.39, 0.29) is 5.82 Å². The predicted molar refractivity (Wildman–Crippen MR) is 189 cm³/mol. The summed E-state index contributed by atoms with van der Waals surface area (Å²) >= 11 is 0. The Morgan fingerprint density at radius 2 is 1.91 bits per heavy atom. The summed E-state index contributed by atoms with van der Waals surface area (Å²) in [5.74, 6) is 0.251. The number of aromatic amines is 2. The van der Waals surface area contributed by atoms with Gasteiger partial charge in [-0.15, -0.1) is 0 Å². The van der Waals surface area contributed by atoms with Crippen LogP contribution in [0, 0.1) is 12.7 Å². The second-order valence-electron chi connectivity index (χ2n) is 12.0. The molecule has 4 aromatic rings. The second kappa shape index (κ2) is 15.1. The molecule has 8 nitrogen and oxygen atoms in total. The highest BCUT2D eigenvalue weighted by molar-refractivity contribution is 5.90. The summed E-state index contributed by atoms with van der Waals surface area (Å²) in [6.45, 7) is 16.6. The highest BCUT2D eigenvalue weighted by atomic mass is 19.1. The Hall–Kier alpha value is -4.60. The fourth-order valence-electron chi connectivity index (χ4n) is 5.81. The zero-order valence-corrected chi connectivity index (χ0v) is 27.5. The number of rotatable bonds is 13. The van der Waals surface area contributed by atoms with Crippen molar-refractivity contribution < 1.29 is 4.39 Å². The molecule has 0 unspecified atom stereocenters. The number of pyridine rings is 1. The van der Waals surface area contributed by atoms with Crippen LogP contribution in [0.1, 0.15) is 48.8 Å². The fourth-order valence-corrected chi connectivity index (χ4v) is 5.81. The molecule has 3 aromatic heterocycles. The van der Waals surface area contributed by atoms with Gasteiger partial charge in [0.2, 0.25) is 0 Å². The van der Waals surface area contributed by atoms with Crippen molar-refractivity contribution in [3.63, 3.8) is 0 Å². The Balaban J connectivity index is 1.46. The van der Waals surface area contributed by atoms with Crippen molar-refractivity contribution >= 4 is 27.9 Å². The maximum Gasteiger partial charge on any atom is 0.161 e. The molecule has 5 rings (SSSR count). The quantitative estimate of drug-likeness (QED) is 0.135. The lowest BCUT2D eigenvalue weighted by Gasteiger charge is -2.26. The van der Waals surface area contributed by atoms with E-state index in [0.717, 1.165) is 54.2 Å². The molecule has 9 heteroatoms. The van der Waals surface area contributed by atoms with Crippen LogP contribution in [0.25, 0.3) is 33.7 Å². The number of aryl methyl sites for hydroxylation is 1. The van der Waals surface area contributed by atoms with E-state index in [2.05, 4.69) is 55.6 Å². The molecule has 0 atom stereocenters. The molecule has 0 aliphatic carbocycles. The first-order valence-corrected chi connectivity index (χ1v) is 16.0. The van der Waals surface area contributed by atoms with Crippen LogP contribution in [0.5, 0.6) is 0 Å². The van der Waals surface area contributed by atoms with Gasteiger partial charge in [0, 0.05) is 36.6 Å². The lowest BCUT2D eigenvalue weighted by atomic mass is 10.00. The number of hydrogen-bond acceptors (Lipinski definition) is 6. The van der Waals surface area contributed by atoms with E-state index in [0.29, 0.717) is 40.5 Å². The third-order valence-electron chi connectivity index (χ3n) is 8.22. The average molecular weight is 621 g/mol. The Morgan fingerprint density at radius 3 is 2.63 bits per heavy atom. The van der Waals surface area contributed by atoms with Gasteiger partial charge in [0.15, 0.2) is 11.5 Å². The molecule has 1 fully saturated rings. The van der Waals surface area contributed by atoms with Crippen molar-refractivity contribution in [2.24, 2.45) is 0 Å². The van der Waals surface area contributed by atoms with Crippen molar-refractivity contribution in [2.75, 3.05) is 52.1 Å². The molecule has 46 heavy (non-hydrogen) atoms. The van der Waals surface area contributed by atoms with Crippen LogP contribution < -0.4 is 5.32 Å². The third-order valence-corrected chi connectivity index (χ3v) is 8.22. The molecule has 3 N–H and O–H groups in total. The summed E-state index contributed by atoms with van der Waals surface area (Å²) in [7, 11) is 4.01. The highest BCUT2D eigenvalue weighted by Gasteiger charge is 2.20. The largest absolute Gasteiger partial charge is 0.384 e. The van der Waals surface area contributed by atoms with E-state index in [1.54, 1.807) is 6.08 Å². The normalized spacial score (nSPS) is 15.1. The minimum Gasteiger partial charge on any atom is -0.384 e. The van der Waals surface area contributed by atoms with Gasteiger partial charge in [0.1, 0.15) is 11.3 Å². The summed E-state index contributed by atoms with van der Waals surface area (Å²) in [6.07, 6.45) is 13.6. The van der Waals surface area contributed by atoms with Gasteiger partial charge >= 0.3 is 0 Å². The van der Waals surface area contributed by atoms with Crippen molar-refractivity contribution in [2.45, 2.75) is 33.1 Å². The number of nitrogens with one attached hydrogen (secondary N) is 3. The SMILES string of the molecule is C=C/C=C(/c1cc(F)cc(NCCN(C)C)c1)c1nc(-c2n[nH]c3ccc(C(/C=C(\C=C)CN4CCCCC4)=C/C)nc23)[nH]c1C. The van der Waals surface area contributed by atoms with E-state index in [1.165, 1.54) is 37.0 Å². The van der Waals surface area contributed by atoms with Gasteiger partial charge in [-0.2, -0.15) is 5.10 Å². The third kappa shape index (κ3) is 7.78. The summed E-state index contributed by atoms with van der Waals surface area (Å²) in [4.78, 5) is 18.0. The number of benzene rings is 1. The number of fused-ring (bicyclic) bond motifs is 1. The zero-order valence-electron chi connectivity index (χ0n) is 27.5. The summed E-state index contributed by atoms with van der Waals surface area (Å²) in [6, 6.07) is 8.98. The van der Waals surface area contributed by atoms with Crippen LogP contribution in [0.3, 0.4) is 0 Å². The molecular formula is C37H45FN8.